The van der Waals surface area contributed by atoms with Crippen LogP contribution in [0.2, 0.25) is 0 Å². The summed E-state index contributed by atoms with van der Waals surface area (Å²) in [5.41, 5.74) is 0.669. The third kappa shape index (κ3) is 8.13. The predicted octanol–water partition coefficient (Wildman–Crippen LogP) is 5.93. The van der Waals surface area contributed by atoms with Crippen molar-refractivity contribution in [1.82, 2.24) is 0 Å². The SMILES string of the molecule is CC.CCCC(C)(COCC(C)(C)CC)C(C)C. The van der Waals surface area contributed by atoms with E-state index in [1.165, 1.54) is 19.3 Å². The molecule has 0 amide bonds. The summed E-state index contributed by atoms with van der Waals surface area (Å²) in [7, 11) is 0. The lowest BCUT2D eigenvalue weighted by Gasteiger charge is -2.35. The predicted molar refractivity (Wildman–Crippen MR) is 84.1 cm³/mol. The molecule has 0 saturated heterocycles. The molecule has 1 heteroatoms. The fourth-order valence-corrected chi connectivity index (χ4v) is 1.76. The van der Waals surface area contributed by atoms with Gasteiger partial charge in [0.05, 0.1) is 13.2 Å². The van der Waals surface area contributed by atoms with Crippen molar-refractivity contribution in [3.05, 3.63) is 0 Å². The molecule has 0 aromatic heterocycles. The van der Waals surface area contributed by atoms with Gasteiger partial charge in [-0.15, -0.1) is 0 Å². The van der Waals surface area contributed by atoms with E-state index < -0.39 is 0 Å². The first-order valence-corrected chi connectivity index (χ1v) is 7.85. The maximum atomic E-state index is 5.97. The highest BCUT2D eigenvalue weighted by molar-refractivity contribution is 4.77. The molecule has 0 heterocycles. The molecule has 0 saturated carbocycles. The summed E-state index contributed by atoms with van der Waals surface area (Å²) in [6, 6.07) is 0. The molecule has 0 fully saturated rings. The van der Waals surface area contributed by atoms with Crippen LogP contribution in [0, 0.1) is 16.7 Å². The van der Waals surface area contributed by atoms with E-state index >= 15 is 0 Å². The van der Waals surface area contributed by atoms with Crippen LogP contribution in [0.15, 0.2) is 0 Å². The Kier molecular flexibility index (Phi) is 11.1. The van der Waals surface area contributed by atoms with Crippen molar-refractivity contribution in [1.29, 1.82) is 0 Å². The van der Waals surface area contributed by atoms with Crippen molar-refractivity contribution in [3.8, 4) is 0 Å². The fraction of sp³-hybridized carbons (Fsp3) is 1.00. The Morgan fingerprint density at radius 2 is 1.44 bits per heavy atom. The Labute approximate surface area is 117 Å². The zero-order valence-electron chi connectivity index (χ0n) is 14.5. The van der Waals surface area contributed by atoms with Crippen molar-refractivity contribution >= 4 is 0 Å². The standard InChI is InChI=1S/C15H32O.C2H6/c1-8-10-15(7,13(3)4)12-16-11-14(5,6)9-2;1-2/h13H,8-12H2,1-7H3;1-2H3. The molecule has 0 bridgehead atoms. The van der Waals surface area contributed by atoms with Gasteiger partial charge in [-0.05, 0) is 29.6 Å². The van der Waals surface area contributed by atoms with E-state index in [1.54, 1.807) is 0 Å². The summed E-state index contributed by atoms with van der Waals surface area (Å²) >= 11 is 0. The Hall–Kier alpha value is -0.0400. The lowest BCUT2D eigenvalue weighted by atomic mass is 9.76. The molecule has 1 unspecified atom stereocenters. The lowest BCUT2D eigenvalue weighted by Crippen LogP contribution is -2.31. The van der Waals surface area contributed by atoms with Gasteiger partial charge in [-0.25, -0.2) is 0 Å². The van der Waals surface area contributed by atoms with Gasteiger partial charge in [0, 0.05) is 0 Å². The van der Waals surface area contributed by atoms with E-state index in [0.717, 1.165) is 13.2 Å². The lowest BCUT2D eigenvalue weighted by molar-refractivity contribution is -0.0141. The Morgan fingerprint density at radius 1 is 0.944 bits per heavy atom. The molecule has 0 aliphatic carbocycles. The van der Waals surface area contributed by atoms with Gasteiger partial charge in [-0.1, -0.05) is 68.7 Å². The normalized spacial score (nSPS) is 15.0. The first-order valence-electron chi connectivity index (χ1n) is 7.85. The molecule has 0 radical (unpaired) electrons. The minimum absolute atomic E-state index is 0.324. The molecule has 0 rings (SSSR count). The average molecular weight is 258 g/mol. The fourth-order valence-electron chi connectivity index (χ4n) is 1.76. The summed E-state index contributed by atoms with van der Waals surface area (Å²) in [4.78, 5) is 0. The van der Waals surface area contributed by atoms with E-state index in [0.29, 0.717) is 16.7 Å². The Bertz CT molecular complexity index is 184. The molecule has 0 N–H and O–H groups in total. The van der Waals surface area contributed by atoms with Crippen molar-refractivity contribution in [2.24, 2.45) is 16.7 Å². The molecule has 0 aromatic rings. The molecular formula is C17H38O. The van der Waals surface area contributed by atoms with E-state index in [1.807, 2.05) is 13.8 Å². The van der Waals surface area contributed by atoms with Gasteiger partial charge >= 0.3 is 0 Å². The minimum atomic E-state index is 0.324. The zero-order chi connectivity index (χ0) is 14.8. The quantitative estimate of drug-likeness (QED) is 0.524. The zero-order valence-corrected chi connectivity index (χ0v) is 14.5. The van der Waals surface area contributed by atoms with E-state index in [4.69, 9.17) is 4.74 Å². The van der Waals surface area contributed by atoms with E-state index in [2.05, 4.69) is 48.5 Å². The summed E-state index contributed by atoms with van der Waals surface area (Å²) in [5, 5.41) is 0. The van der Waals surface area contributed by atoms with Crippen LogP contribution in [0.25, 0.3) is 0 Å². The summed E-state index contributed by atoms with van der Waals surface area (Å²) < 4.78 is 5.97. The molecule has 0 spiro atoms. The van der Waals surface area contributed by atoms with Gasteiger partial charge in [-0.3, -0.25) is 0 Å². The highest BCUT2D eigenvalue weighted by Crippen LogP contribution is 2.33. The Morgan fingerprint density at radius 3 is 1.78 bits per heavy atom. The maximum Gasteiger partial charge on any atom is 0.0522 e. The van der Waals surface area contributed by atoms with E-state index in [9.17, 15) is 0 Å². The van der Waals surface area contributed by atoms with Gasteiger partial charge in [0.25, 0.3) is 0 Å². The largest absolute Gasteiger partial charge is 0.380 e. The number of hydrogen-bond acceptors (Lipinski definition) is 1. The van der Waals surface area contributed by atoms with Crippen molar-refractivity contribution in [2.75, 3.05) is 13.2 Å². The summed E-state index contributed by atoms with van der Waals surface area (Å²) in [5.74, 6) is 0.692. The summed E-state index contributed by atoms with van der Waals surface area (Å²) in [6.45, 7) is 21.8. The van der Waals surface area contributed by atoms with Crippen LogP contribution in [0.1, 0.15) is 81.6 Å². The molecule has 0 aliphatic rings. The first kappa shape index (κ1) is 20.3. The molecule has 0 aromatic carbocycles. The van der Waals surface area contributed by atoms with E-state index in [-0.39, 0.29) is 0 Å². The van der Waals surface area contributed by atoms with Crippen LogP contribution in [-0.2, 0) is 4.74 Å². The topological polar surface area (TPSA) is 9.23 Å². The van der Waals surface area contributed by atoms with Crippen LogP contribution in [0.4, 0.5) is 0 Å². The van der Waals surface area contributed by atoms with Crippen molar-refractivity contribution in [3.63, 3.8) is 0 Å². The molecule has 0 aliphatic heterocycles. The Balaban J connectivity index is 0. The van der Waals surface area contributed by atoms with Crippen LogP contribution >= 0.6 is 0 Å². The second-order valence-corrected chi connectivity index (χ2v) is 6.57. The smallest absolute Gasteiger partial charge is 0.0522 e. The minimum Gasteiger partial charge on any atom is -0.380 e. The first-order chi connectivity index (χ1) is 8.27. The molecular weight excluding hydrogens is 220 g/mol. The second kappa shape index (κ2) is 9.83. The van der Waals surface area contributed by atoms with Crippen molar-refractivity contribution in [2.45, 2.75) is 81.6 Å². The molecule has 18 heavy (non-hydrogen) atoms. The van der Waals surface area contributed by atoms with Crippen LogP contribution < -0.4 is 0 Å². The monoisotopic (exact) mass is 258 g/mol. The molecule has 1 nitrogen and oxygen atoms in total. The van der Waals surface area contributed by atoms with Gasteiger partial charge in [0.1, 0.15) is 0 Å². The number of rotatable bonds is 8. The van der Waals surface area contributed by atoms with Crippen LogP contribution in [-0.4, -0.2) is 13.2 Å². The third-order valence-corrected chi connectivity index (χ3v) is 4.10. The van der Waals surface area contributed by atoms with Crippen LogP contribution in [0.3, 0.4) is 0 Å². The van der Waals surface area contributed by atoms with Gasteiger partial charge in [-0.2, -0.15) is 0 Å². The van der Waals surface area contributed by atoms with Gasteiger partial charge in [0.15, 0.2) is 0 Å². The molecule has 1 atom stereocenters. The molecule has 112 valence electrons. The second-order valence-electron chi connectivity index (χ2n) is 6.57. The van der Waals surface area contributed by atoms with Gasteiger partial charge in [0.2, 0.25) is 0 Å². The highest BCUT2D eigenvalue weighted by atomic mass is 16.5. The summed E-state index contributed by atoms with van der Waals surface area (Å²) in [6.07, 6.45) is 3.69. The van der Waals surface area contributed by atoms with Crippen molar-refractivity contribution < 1.29 is 4.74 Å². The van der Waals surface area contributed by atoms with Crippen LogP contribution in [0.5, 0.6) is 0 Å². The number of hydrogen-bond donors (Lipinski definition) is 0. The number of ether oxygens (including phenoxy) is 1. The third-order valence-electron chi connectivity index (χ3n) is 4.10. The highest BCUT2D eigenvalue weighted by Gasteiger charge is 2.28. The maximum absolute atomic E-state index is 5.97. The van der Waals surface area contributed by atoms with Gasteiger partial charge < -0.3 is 4.74 Å². The average Bonchev–Trinajstić information content (AvgIpc) is 2.31.